The van der Waals surface area contributed by atoms with Crippen LogP contribution >= 0.6 is 0 Å². The van der Waals surface area contributed by atoms with Gasteiger partial charge >= 0.3 is 5.97 Å². The van der Waals surface area contributed by atoms with Gasteiger partial charge in [0.1, 0.15) is 6.61 Å². The van der Waals surface area contributed by atoms with Crippen LogP contribution in [0.4, 0.5) is 0 Å². The second-order valence-electron chi connectivity index (χ2n) is 5.47. The number of esters is 1. The molecule has 6 nitrogen and oxygen atoms in total. The summed E-state index contributed by atoms with van der Waals surface area (Å²) in [6.07, 6.45) is 0. The summed E-state index contributed by atoms with van der Waals surface area (Å²) in [6.45, 7) is 12.8. The summed E-state index contributed by atoms with van der Waals surface area (Å²) >= 11 is 0. The predicted octanol–water partition coefficient (Wildman–Crippen LogP) is 2.01. The standard InChI is InChI=1S/C15H30O6Si/c1-14(2)15(16)21-11-10-19-7-6-18-8-9-20-12-13-22(4,5)17-3/h1,6-13H2,2-5H3. The fourth-order valence-electron chi connectivity index (χ4n) is 1.28. The van der Waals surface area contributed by atoms with Gasteiger partial charge in [-0.3, -0.25) is 0 Å². The van der Waals surface area contributed by atoms with Crippen LogP contribution in [-0.4, -0.2) is 67.6 Å². The second-order valence-corrected chi connectivity index (χ2v) is 9.89. The van der Waals surface area contributed by atoms with E-state index in [-0.39, 0.29) is 6.61 Å². The Morgan fingerprint density at radius 2 is 1.36 bits per heavy atom. The number of hydrogen-bond donors (Lipinski definition) is 0. The molecule has 0 aliphatic carbocycles. The van der Waals surface area contributed by atoms with Gasteiger partial charge in [0.2, 0.25) is 0 Å². The molecule has 0 spiro atoms. The summed E-state index contributed by atoms with van der Waals surface area (Å²) in [6, 6.07) is 0.982. The summed E-state index contributed by atoms with van der Waals surface area (Å²) in [5, 5.41) is 0. The number of carbonyl (C=O) groups excluding carboxylic acids is 1. The molecule has 7 heteroatoms. The normalized spacial score (nSPS) is 11.5. The molecule has 0 bridgehead atoms. The molecule has 0 N–H and O–H groups in total. The van der Waals surface area contributed by atoms with Crippen LogP contribution in [0.2, 0.25) is 19.1 Å². The van der Waals surface area contributed by atoms with E-state index in [2.05, 4.69) is 19.7 Å². The first-order valence-corrected chi connectivity index (χ1v) is 10.6. The number of carbonyl (C=O) groups is 1. The Bertz CT molecular complexity index is 319. The topological polar surface area (TPSA) is 63.2 Å². The van der Waals surface area contributed by atoms with Crippen molar-refractivity contribution in [3.05, 3.63) is 12.2 Å². The van der Waals surface area contributed by atoms with Crippen molar-refractivity contribution in [2.75, 3.05) is 53.4 Å². The van der Waals surface area contributed by atoms with E-state index in [0.29, 0.717) is 45.2 Å². The molecule has 0 fully saturated rings. The van der Waals surface area contributed by atoms with Crippen molar-refractivity contribution < 1.29 is 28.2 Å². The van der Waals surface area contributed by atoms with Crippen molar-refractivity contribution in [2.45, 2.75) is 26.1 Å². The van der Waals surface area contributed by atoms with Crippen molar-refractivity contribution >= 4 is 14.3 Å². The third kappa shape index (κ3) is 13.0. The summed E-state index contributed by atoms with van der Waals surface area (Å²) in [5.41, 5.74) is 0.389. The molecule has 0 radical (unpaired) electrons. The molecule has 0 rings (SSSR count). The van der Waals surface area contributed by atoms with Crippen LogP contribution in [0.3, 0.4) is 0 Å². The first-order chi connectivity index (χ1) is 10.4. The lowest BCUT2D eigenvalue weighted by Gasteiger charge is -2.19. The van der Waals surface area contributed by atoms with E-state index < -0.39 is 14.3 Å². The molecular formula is C15H30O6Si. The van der Waals surface area contributed by atoms with Gasteiger partial charge in [-0.15, -0.1) is 0 Å². The summed E-state index contributed by atoms with van der Waals surface area (Å²) in [7, 11) is 0.245. The van der Waals surface area contributed by atoms with Gasteiger partial charge in [0.15, 0.2) is 8.32 Å². The van der Waals surface area contributed by atoms with Gasteiger partial charge in [-0.05, 0) is 26.1 Å². The van der Waals surface area contributed by atoms with Gasteiger partial charge < -0.3 is 23.4 Å². The van der Waals surface area contributed by atoms with Crippen molar-refractivity contribution in [2.24, 2.45) is 0 Å². The van der Waals surface area contributed by atoms with Crippen LogP contribution in [0.15, 0.2) is 12.2 Å². The van der Waals surface area contributed by atoms with Gasteiger partial charge in [0.25, 0.3) is 0 Å². The summed E-state index contributed by atoms with van der Waals surface area (Å²) < 4.78 is 26.4. The molecule has 0 heterocycles. The Balaban J connectivity index is 3.21. The van der Waals surface area contributed by atoms with Gasteiger partial charge in [-0.25, -0.2) is 4.79 Å². The van der Waals surface area contributed by atoms with E-state index in [1.165, 1.54) is 0 Å². The van der Waals surface area contributed by atoms with E-state index in [1.807, 2.05) is 0 Å². The molecule has 0 saturated heterocycles. The SMILES string of the molecule is C=C(C)C(=O)OCCOCCOCCOCC[Si](C)(C)OC. The smallest absolute Gasteiger partial charge is 0.333 e. The van der Waals surface area contributed by atoms with Gasteiger partial charge in [0, 0.05) is 19.3 Å². The minimum Gasteiger partial charge on any atom is -0.460 e. The summed E-state index contributed by atoms with van der Waals surface area (Å²) in [4.78, 5) is 11.1. The highest BCUT2D eigenvalue weighted by atomic mass is 28.4. The molecule has 0 aliphatic rings. The molecule has 130 valence electrons. The molecule has 22 heavy (non-hydrogen) atoms. The van der Waals surface area contributed by atoms with Gasteiger partial charge in [-0.2, -0.15) is 0 Å². The summed E-state index contributed by atoms with van der Waals surface area (Å²) in [5.74, 6) is -0.392. The fraction of sp³-hybridized carbons (Fsp3) is 0.800. The zero-order valence-corrected chi connectivity index (χ0v) is 15.3. The molecule has 0 aliphatic heterocycles. The molecule has 0 aromatic heterocycles. The maximum Gasteiger partial charge on any atom is 0.333 e. The quantitative estimate of drug-likeness (QED) is 0.210. The lowest BCUT2D eigenvalue weighted by molar-refractivity contribution is -0.140. The highest BCUT2D eigenvalue weighted by molar-refractivity contribution is 6.71. The maximum atomic E-state index is 11.1. The molecule has 0 aromatic carbocycles. The molecule has 0 unspecified atom stereocenters. The maximum absolute atomic E-state index is 11.1. The van der Waals surface area contributed by atoms with Crippen LogP contribution in [0, 0.1) is 0 Å². The van der Waals surface area contributed by atoms with Crippen LogP contribution in [0.1, 0.15) is 6.92 Å². The van der Waals surface area contributed by atoms with E-state index in [4.69, 9.17) is 23.4 Å². The first-order valence-electron chi connectivity index (χ1n) is 7.50. The van der Waals surface area contributed by atoms with E-state index in [9.17, 15) is 4.79 Å². The average Bonchev–Trinajstić information content (AvgIpc) is 2.47. The molecule has 0 saturated carbocycles. The van der Waals surface area contributed by atoms with Crippen molar-refractivity contribution in [3.63, 3.8) is 0 Å². The van der Waals surface area contributed by atoms with E-state index >= 15 is 0 Å². The molecular weight excluding hydrogens is 304 g/mol. The Morgan fingerprint density at radius 1 is 0.909 bits per heavy atom. The van der Waals surface area contributed by atoms with Gasteiger partial charge in [0.05, 0.1) is 33.0 Å². The zero-order chi connectivity index (χ0) is 16.8. The molecule has 0 amide bonds. The van der Waals surface area contributed by atoms with Crippen molar-refractivity contribution in [1.29, 1.82) is 0 Å². The predicted molar refractivity (Wildman–Crippen MR) is 87.5 cm³/mol. The van der Waals surface area contributed by atoms with Crippen molar-refractivity contribution in [3.8, 4) is 0 Å². The molecule has 0 atom stereocenters. The Hall–Kier alpha value is -0.733. The van der Waals surface area contributed by atoms with Crippen LogP contribution in [0.5, 0.6) is 0 Å². The monoisotopic (exact) mass is 334 g/mol. The number of ether oxygens (including phenoxy) is 4. The second kappa shape index (κ2) is 12.8. The highest BCUT2D eigenvalue weighted by Crippen LogP contribution is 2.08. The van der Waals surface area contributed by atoms with Gasteiger partial charge in [-0.1, -0.05) is 6.58 Å². The first kappa shape index (κ1) is 21.3. The highest BCUT2D eigenvalue weighted by Gasteiger charge is 2.19. The number of rotatable bonds is 14. The Morgan fingerprint density at radius 3 is 1.82 bits per heavy atom. The van der Waals surface area contributed by atoms with Crippen LogP contribution < -0.4 is 0 Å². The zero-order valence-electron chi connectivity index (χ0n) is 14.3. The van der Waals surface area contributed by atoms with Crippen LogP contribution in [0.25, 0.3) is 0 Å². The third-order valence-electron chi connectivity index (χ3n) is 2.95. The Kier molecular flexibility index (Phi) is 12.3. The average molecular weight is 334 g/mol. The largest absolute Gasteiger partial charge is 0.460 e. The fourth-order valence-corrected chi connectivity index (χ4v) is 2.12. The van der Waals surface area contributed by atoms with Crippen LogP contribution in [-0.2, 0) is 28.2 Å². The van der Waals surface area contributed by atoms with E-state index in [0.717, 1.165) is 6.04 Å². The third-order valence-corrected chi connectivity index (χ3v) is 5.47. The minimum absolute atomic E-state index is 0.230. The minimum atomic E-state index is -1.51. The van der Waals surface area contributed by atoms with Crippen molar-refractivity contribution in [1.82, 2.24) is 0 Å². The lowest BCUT2D eigenvalue weighted by Crippen LogP contribution is -2.30. The lowest BCUT2D eigenvalue weighted by atomic mass is 10.4. The van der Waals surface area contributed by atoms with E-state index in [1.54, 1.807) is 14.0 Å². The Labute approximate surface area is 134 Å². The molecule has 0 aromatic rings. The number of hydrogen-bond acceptors (Lipinski definition) is 6.